The molecule has 0 unspecified atom stereocenters. The minimum atomic E-state index is -0.892. The predicted octanol–water partition coefficient (Wildman–Crippen LogP) is 4.46. The molecule has 5 rings (SSSR count). The van der Waals surface area contributed by atoms with Crippen molar-refractivity contribution in [2.24, 2.45) is 5.92 Å². The molecule has 3 aromatic carbocycles. The van der Waals surface area contributed by atoms with Gasteiger partial charge in [-0.15, -0.1) is 0 Å². The SMILES string of the molecule is CN(C)c1ccc([C@H]2[C@H]3C(=O)N(c4ccc(Cl)cc4)C(=O)[C@@H]3ON2c2ccccc2)cc1. The van der Waals surface area contributed by atoms with Gasteiger partial charge in [0.15, 0.2) is 6.10 Å². The predicted molar refractivity (Wildman–Crippen MR) is 125 cm³/mol. The van der Waals surface area contributed by atoms with Crippen molar-refractivity contribution in [3.05, 3.63) is 89.4 Å². The number of fused-ring (bicyclic) bond motifs is 1. The third-order valence-electron chi connectivity index (χ3n) is 5.96. The highest BCUT2D eigenvalue weighted by Gasteiger charge is 2.60. The van der Waals surface area contributed by atoms with Gasteiger partial charge in [0.25, 0.3) is 5.91 Å². The molecule has 32 heavy (non-hydrogen) atoms. The van der Waals surface area contributed by atoms with Crippen LogP contribution < -0.4 is 14.9 Å². The smallest absolute Gasteiger partial charge is 0.266 e. The summed E-state index contributed by atoms with van der Waals surface area (Å²) in [4.78, 5) is 36.3. The van der Waals surface area contributed by atoms with Crippen molar-refractivity contribution in [1.29, 1.82) is 0 Å². The van der Waals surface area contributed by atoms with Gasteiger partial charge in [0.1, 0.15) is 5.92 Å². The van der Waals surface area contributed by atoms with Crippen molar-refractivity contribution in [2.45, 2.75) is 12.1 Å². The molecular formula is C25H22ClN3O3. The lowest BCUT2D eigenvalue weighted by molar-refractivity contribution is -0.126. The van der Waals surface area contributed by atoms with Gasteiger partial charge in [-0.1, -0.05) is 41.9 Å². The highest BCUT2D eigenvalue weighted by Crippen LogP contribution is 2.47. The zero-order chi connectivity index (χ0) is 22.4. The first-order valence-electron chi connectivity index (χ1n) is 10.4. The minimum absolute atomic E-state index is 0.276. The Hall–Kier alpha value is -3.35. The maximum Gasteiger partial charge on any atom is 0.266 e. The third-order valence-corrected chi connectivity index (χ3v) is 6.21. The highest BCUT2D eigenvalue weighted by atomic mass is 35.5. The fourth-order valence-electron chi connectivity index (χ4n) is 4.37. The van der Waals surface area contributed by atoms with Gasteiger partial charge >= 0.3 is 0 Å². The van der Waals surface area contributed by atoms with Gasteiger partial charge in [-0.3, -0.25) is 14.4 Å². The van der Waals surface area contributed by atoms with Crippen LogP contribution >= 0.6 is 11.6 Å². The zero-order valence-electron chi connectivity index (χ0n) is 17.7. The highest BCUT2D eigenvalue weighted by molar-refractivity contribution is 6.31. The number of imide groups is 1. The lowest BCUT2D eigenvalue weighted by Crippen LogP contribution is -2.37. The van der Waals surface area contributed by atoms with E-state index in [2.05, 4.69) is 0 Å². The monoisotopic (exact) mass is 447 g/mol. The van der Waals surface area contributed by atoms with Crippen LogP contribution in [-0.4, -0.2) is 32.0 Å². The Balaban J connectivity index is 1.56. The summed E-state index contributed by atoms with van der Waals surface area (Å²) in [6.45, 7) is 0. The summed E-state index contributed by atoms with van der Waals surface area (Å²) in [5.74, 6) is -1.30. The van der Waals surface area contributed by atoms with Gasteiger partial charge in [0.2, 0.25) is 5.91 Å². The van der Waals surface area contributed by atoms with E-state index in [0.717, 1.165) is 16.9 Å². The van der Waals surface area contributed by atoms with Gasteiger partial charge in [0.05, 0.1) is 17.4 Å². The van der Waals surface area contributed by atoms with Crippen LogP contribution in [0.4, 0.5) is 17.1 Å². The number of benzene rings is 3. The largest absolute Gasteiger partial charge is 0.378 e. The number of rotatable bonds is 4. The van der Waals surface area contributed by atoms with Gasteiger partial charge in [-0.05, 0) is 54.1 Å². The van der Waals surface area contributed by atoms with E-state index in [1.165, 1.54) is 4.90 Å². The maximum absolute atomic E-state index is 13.6. The van der Waals surface area contributed by atoms with Crippen molar-refractivity contribution < 1.29 is 14.4 Å². The van der Waals surface area contributed by atoms with E-state index in [-0.39, 0.29) is 11.8 Å². The number of carbonyl (C=O) groups excluding carboxylic acids is 2. The van der Waals surface area contributed by atoms with Crippen LogP contribution in [0.3, 0.4) is 0 Å². The Labute approximate surface area is 191 Å². The molecule has 0 spiro atoms. The average Bonchev–Trinajstić information content (AvgIpc) is 3.31. The van der Waals surface area contributed by atoms with Crippen LogP contribution in [0.1, 0.15) is 11.6 Å². The van der Waals surface area contributed by atoms with E-state index in [4.69, 9.17) is 16.4 Å². The summed E-state index contributed by atoms with van der Waals surface area (Å²) >= 11 is 5.99. The van der Waals surface area contributed by atoms with Crippen LogP contribution in [-0.2, 0) is 14.4 Å². The first-order chi connectivity index (χ1) is 15.5. The number of hydrogen-bond donors (Lipinski definition) is 0. The van der Waals surface area contributed by atoms with E-state index >= 15 is 0 Å². The quantitative estimate of drug-likeness (QED) is 0.553. The molecule has 2 aliphatic heterocycles. The standard InChI is InChI=1S/C25H22ClN3O3/c1-27(2)18-12-8-16(9-13-18)22-21-23(32-29(22)20-6-4-3-5-7-20)25(31)28(24(21)30)19-14-10-17(26)11-15-19/h3-15,21-23H,1-2H3/t21-,22+,23-/m1/s1. The summed E-state index contributed by atoms with van der Waals surface area (Å²) in [6, 6.07) is 23.8. The van der Waals surface area contributed by atoms with Crippen LogP contribution in [0.15, 0.2) is 78.9 Å². The van der Waals surface area contributed by atoms with E-state index in [1.807, 2.05) is 73.6 Å². The van der Waals surface area contributed by atoms with Crippen molar-refractivity contribution in [2.75, 3.05) is 29.0 Å². The van der Waals surface area contributed by atoms with Crippen molar-refractivity contribution in [3.8, 4) is 0 Å². The fraction of sp³-hybridized carbons (Fsp3) is 0.200. The van der Waals surface area contributed by atoms with Crippen molar-refractivity contribution >= 4 is 40.5 Å². The number of nitrogens with zero attached hydrogens (tertiary/aromatic N) is 3. The topological polar surface area (TPSA) is 53.1 Å². The molecule has 2 aliphatic rings. The fourth-order valence-corrected chi connectivity index (χ4v) is 4.49. The molecule has 0 saturated carbocycles. The average molecular weight is 448 g/mol. The zero-order valence-corrected chi connectivity index (χ0v) is 18.4. The Kier molecular flexibility index (Phi) is 5.12. The summed E-state index contributed by atoms with van der Waals surface area (Å²) in [5.41, 5.74) is 3.25. The number of halogens is 1. The second kappa shape index (κ2) is 7.97. The third kappa shape index (κ3) is 3.32. The molecule has 3 atom stereocenters. The molecule has 7 heteroatoms. The van der Waals surface area contributed by atoms with Gasteiger partial charge in [0, 0.05) is 24.8 Å². The van der Waals surface area contributed by atoms with Crippen LogP contribution in [0.2, 0.25) is 5.02 Å². The van der Waals surface area contributed by atoms with E-state index < -0.39 is 18.1 Å². The number of hydroxylamine groups is 1. The molecule has 0 radical (unpaired) electrons. The summed E-state index contributed by atoms with van der Waals surface area (Å²) < 4.78 is 0. The molecule has 162 valence electrons. The number of carbonyl (C=O) groups is 2. The van der Waals surface area contributed by atoms with Crippen molar-refractivity contribution in [1.82, 2.24) is 0 Å². The van der Waals surface area contributed by atoms with E-state index in [1.54, 1.807) is 29.3 Å². The first kappa shape index (κ1) is 20.5. The number of para-hydroxylation sites is 1. The minimum Gasteiger partial charge on any atom is -0.378 e. The maximum atomic E-state index is 13.6. The lowest BCUT2D eigenvalue weighted by Gasteiger charge is -2.29. The number of amides is 2. The van der Waals surface area contributed by atoms with Crippen LogP contribution in [0.25, 0.3) is 0 Å². The van der Waals surface area contributed by atoms with Crippen LogP contribution in [0, 0.1) is 5.92 Å². The molecule has 0 bridgehead atoms. The molecule has 2 saturated heterocycles. The second-order valence-corrected chi connectivity index (χ2v) is 8.57. The Morgan fingerprint density at radius 2 is 1.47 bits per heavy atom. The molecule has 2 amide bonds. The molecule has 6 nitrogen and oxygen atoms in total. The normalized spacial score (nSPS) is 22.4. The van der Waals surface area contributed by atoms with Gasteiger partial charge in [-0.25, -0.2) is 9.96 Å². The van der Waals surface area contributed by atoms with Crippen molar-refractivity contribution in [3.63, 3.8) is 0 Å². The Morgan fingerprint density at radius 1 is 0.812 bits per heavy atom. The molecular weight excluding hydrogens is 426 g/mol. The Morgan fingerprint density at radius 3 is 2.09 bits per heavy atom. The number of hydrogen-bond acceptors (Lipinski definition) is 5. The van der Waals surface area contributed by atoms with Gasteiger partial charge < -0.3 is 4.90 Å². The number of anilines is 3. The summed E-state index contributed by atoms with van der Waals surface area (Å²) in [5, 5.41) is 2.24. The van der Waals surface area contributed by atoms with Gasteiger partial charge in [-0.2, -0.15) is 0 Å². The lowest BCUT2D eigenvalue weighted by atomic mass is 9.90. The molecule has 2 heterocycles. The summed E-state index contributed by atoms with van der Waals surface area (Å²) in [7, 11) is 3.95. The molecule has 3 aromatic rings. The Bertz CT molecular complexity index is 1150. The molecule has 0 aliphatic carbocycles. The first-order valence-corrected chi connectivity index (χ1v) is 10.8. The van der Waals surface area contributed by atoms with Crippen LogP contribution in [0.5, 0.6) is 0 Å². The van der Waals surface area contributed by atoms with E-state index in [0.29, 0.717) is 10.7 Å². The molecule has 0 aromatic heterocycles. The molecule has 2 fully saturated rings. The summed E-state index contributed by atoms with van der Waals surface area (Å²) in [6.07, 6.45) is -0.892. The van der Waals surface area contributed by atoms with E-state index in [9.17, 15) is 9.59 Å². The molecule has 0 N–H and O–H groups in total. The second-order valence-electron chi connectivity index (χ2n) is 8.13.